The van der Waals surface area contributed by atoms with Crippen LogP contribution in [0.25, 0.3) is 0 Å². The standard InChI is InChI=1S/C10H12O5S2/c1-4-5(2)17-7-6(11)8(12)15-10(7,3-16-4)9(13)14/h4-5,11H,3H2,1-2H3,(H,13,14). The Morgan fingerprint density at radius 3 is 2.71 bits per heavy atom. The second-order valence-electron chi connectivity index (χ2n) is 4.04. The normalized spacial score (nSPS) is 37.4. The number of carbonyl (C=O) groups excluding carboxylic acids is 1. The topological polar surface area (TPSA) is 83.8 Å². The van der Waals surface area contributed by atoms with Crippen molar-refractivity contribution < 1.29 is 24.5 Å². The first-order chi connectivity index (χ1) is 7.88. The van der Waals surface area contributed by atoms with Crippen molar-refractivity contribution in [2.45, 2.75) is 29.9 Å². The minimum atomic E-state index is -1.70. The Labute approximate surface area is 107 Å². The van der Waals surface area contributed by atoms with E-state index >= 15 is 0 Å². The lowest BCUT2D eigenvalue weighted by Crippen LogP contribution is -2.42. The zero-order valence-electron chi connectivity index (χ0n) is 9.30. The molecular weight excluding hydrogens is 264 g/mol. The monoisotopic (exact) mass is 276 g/mol. The van der Waals surface area contributed by atoms with Crippen LogP contribution in [-0.2, 0) is 14.3 Å². The molecule has 3 atom stereocenters. The van der Waals surface area contributed by atoms with Gasteiger partial charge in [0.2, 0.25) is 5.76 Å². The molecule has 2 N–H and O–H groups in total. The van der Waals surface area contributed by atoms with Crippen LogP contribution in [0.5, 0.6) is 0 Å². The number of fused-ring (bicyclic) bond motifs is 1. The van der Waals surface area contributed by atoms with Crippen LogP contribution in [0.4, 0.5) is 0 Å². The van der Waals surface area contributed by atoms with Crippen LogP contribution in [-0.4, -0.2) is 44.0 Å². The molecule has 0 aromatic carbocycles. The van der Waals surface area contributed by atoms with Crippen molar-refractivity contribution in [3.05, 3.63) is 10.7 Å². The van der Waals surface area contributed by atoms with Crippen molar-refractivity contribution >= 4 is 35.5 Å². The molecule has 7 heteroatoms. The predicted molar refractivity (Wildman–Crippen MR) is 65.1 cm³/mol. The fourth-order valence-corrected chi connectivity index (χ4v) is 4.39. The Hall–Kier alpha value is -0.820. The van der Waals surface area contributed by atoms with E-state index in [-0.39, 0.29) is 21.2 Å². The molecule has 1 saturated heterocycles. The highest BCUT2D eigenvalue weighted by Crippen LogP contribution is 2.48. The van der Waals surface area contributed by atoms with Gasteiger partial charge in [-0.3, -0.25) is 0 Å². The van der Waals surface area contributed by atoms with E-state index in [2.05, 4.69) is 0 Å². The minimum absolute atomic E-state index is 0.105. The summed E-state index contributed by atoms with van der Waals surface area (Å²) in [7, 11) is 0. The van der Waals surface area contributed by atoms with E-state index in [9.17, 15) is 19.8 Å². The first kappa shape index (κ1) is 12.6. The van der Waals surface area contributed by atoms with E-state index in [1.165, 1.54) is 23.5 Å². The molecule has 0 amide bonds. The second-order valence-corrected chi connectivity index (χ2v) is 6.79. The average Bonchev–Trinajstić information content (AvgIpc) is 2.42. The van der Waals surface area contributed by atoms with E-state index in [4.69, 9.17) is 4.74 Å². The first-order valence-electron chi connectivity index (χ1n) is 5.07. The van der Waals surface area contributed by atoms with Gasteiger partial charge in [-0.25, -0.2) is 9.59 Å². The number of aliphatic hydroxyl groups is 1. The molecule has 3 unspecified atom stereocenters. The third-order valence-electron chi connectivity index (χ3n) is 2.90. The Bertz CT molecular complexity index is 419. The average molecular weight is 276 g/mol. The molecule has 2 aliphatic rings. The lowest BCUT2D eigenvalue weighted by Gasteiger charge is -2.22. The van der Waals surface area contributed by atoms with E-state index in [1.807, 2.05) is 13.8 Å². The summed E-state index contributed by atoms with van der Waals surface area (Å²) in [6, 6.07) is 0. The van der Waals surface area contributed by atoms with Gasteiger partial charge in [-0.2, -0.15) is 11.8 Å². The molecule has 17 heavy (non-hydrogen) atoms. The number of esters is 1. The number of carboxylic acid groups (broad SMARTS) is 1. The van der Waals surface area contributed by atoms with Crippen molar-refractivity contribution in [1.82, 2.24) is 0 Å². The summed E-state index contributed by atoms with van der Waals surface area (Å²) in [5.41, 5.74) is -1.70. The maximum absolute atomic E-state index is 11.4. The largest absolute Gasteiger partial charge is 0.501 e. The molecule has 2 aliphatic heterocycles. The molecular formula is C10H12O5S2. The number of hydrogen-bond acceptors (Lipinski definition) is 6. The van der Waals surface area contributed by atoms with Crippen LogP contribution in [0.3, 0.4) is 0 Å². The Morgan fingerprint density at radius 2 is 2.12 bits per heavy atom. The maximum atomic E-state index is 11.4. The molecule has 0 bridgehead atoms. The summed E-state index contributed by atoms with van der Waals surface area (Å²) in [5.74, 6) is -2.60. The van der Waals surface area contributed by atoms with Crippen LogP contribution < -0.4 is 0 Å². The first-order valence-corrected chi connectivity index (χ1v) is 7.00. The quantitative estimate of drug-likeness (QED) is 0.700. The molecule has 2 rings (SSSR count). The number of carboxylic acids is 1. The maximum Gasteiger partial charge on any atom is 0.375 e. The number of ether oxygens (including phenoxy) is 1. The fourth-order valence-electron chi connectivity index (χ4n) is 1.65. The number of rotatable bonds is 1. The number of aliphatic hydroxyl groups excluding tert-OH is 1. The van der Waals surface area contributed by atoms with Gasteiger partial charge in [0.15, 0.2) is 0 Å². The Morgan fingerprint density at radius 1 is 1.47 bits per heavy atom. The fraction of sp³-hybridized carbons (Fsp3) is 0.600. The van der Waals surface area contributed by atoms with Gasteiger partial charge < -0.3 is 14.9 Å². The molecule has 0 spiro atoms. The Kier molecular flexibility index (Phi) is 3.07. The molecule has 2 heterocycles. The third kappa shape index (κ3) is 1.81. The summed E-state index contributed by atoms with van der Waals surface area (Å²) in [6.45, 7) is 3.92. The zero-order chi connectivity index (χ0) is 12.8. The zero-order valence-corrected chi connectivity index (χ0v) is 10.9. The number of carbonyl (C=O) groups is 2. The molecule has 0 aromatic heterocycles. The molecule has 0 aromatic rings. The highest BCUT2D eigenvalue weighted by atomic mass is 32.2. The summed E-state index contributed by atoms with van der Waals surface area (Å²) in [4.78, 5) is 22.8. The van der Waals surface area contributed by atoms with E-state index < -0.39 is 23.3 Å². The van der Waals surface area contributed by atoms with Gasteiger partial charge >= 0.3 is 11.9 Å². The number of aliphatic carboxylic acids is 1. The van der Waals surface area contributed by atoms with Gasteiger partial charge in [0.25, 0.3) is 5.60 Å². The third-order valence-corrected chi connectivity index (χ3v) is 6.12. The summed E-state index contributed by atoms with van der Waals surface area (Å²) < 4.78 is 4.90. The van der Waals surface area contributed by atoms with Crippen LogP contribution >= 0.6 is 23.5 Å². The van der Waals surface area contributed by atoms with Gasteiger partial charge in [0, 0.05) is 16.3 Å². The molecule has 0 aliphatic carbocycles. The highest BCUT2D eigenvalue weighted by molar-refractivity contribution is 8.07. The molecule has 1 fully saturated rings. The van der Waals surface area contributed by atoms with E-state index in [1.54, 1.807) is 0 Å². The predicted octanol–water partition coefficient (Wildman–Crippen LogP) is 1.39. The lowest BCUT2D eigenvalue weighted by atomic mass is 10.1. The van der Waals surface area contributed by atoms with Crippen LogP contribution in [0, 0.1) is 0 Å². The summed E-state index contributed by atoms with van der Waals surface area (Å²) in [6.07, 6.45) is 0. The molecule has 94 valence electrons. The Balaban J connectivity index is 2.49. The van der Waals surface area contributed by atoms with E-state index in [0.29, 0.717) is 0 Å². The van der Waals surface area contributed by atoms with Crippen LogP contribution in [0.1, 0.15) is 13.8 Å². The van der Waals surface area contributed by atoms with Crippen LogP contribution in [0.15, 0.2) is 10.7 Å². The SMILES string of the molecule is CC1SCC2(C(=O)O)OC(=O)C(O)=C2SC1C. The van der Waals surface area contributed by atoms with E-state index in [0.717, 1.165) is 0 Å². The second kappa shape index (κ2) is 4.13. The van der Waals surface area contributed by atoms with Crippen molar-refractivity contribution in [1.29, 1.82) is 0 Å². The lowest BCUT2D eigenvalue weighted by molar-refractivity contribution is -0.165. The van der Waals surface area contributed by atoms with Gasteiger partial charge in [0.05, 0.1) is 4.91 Å². The minimum Gasteiger partial charge on any atom is -0.501 e. The summed E-state index contributed by atoms with van der Waals surface area (Å²) >= 11 is 2.64. The van der Waals surface area contributed by atoms with Crippen molar-refractivity contribution in [3.8, 4) is 0 Å². The number of hydrogen-bond donors (Lipinski definition) is 2. The molecule has 5 nitrogen and oxygen atoms in total. The van der Waals surface area contributed by atoms with Gasteiger partial charge in [-0.05, 0) is 0 Å². The summed E-state index contributed by atoms with van der Waals surface area (Å²) in [5, 5.41) is 19.3. The number of thioether (sulfide) groups is 2. The smallest absolute Gasteiger partial charge is 0.375 e. The van der Waals surface area contributed by atoms with Gasteiger partial charge in [-0.15, -0.1) is 11.8 Å². The van der Waals surface area contributed by atoms with Gasteiger partial charge in [0.1, 0.15) is 0 Å². The van der Waals surface area contributed by atoms with Gasteiger partial charge in [-0.1, -0.05) is 13.8 Å². The van der Waals surface area contributed by atoms with Crippen molar-refractivity contribution in [2.24, 2.45) is 0 Å². The van der Waals surface area contributed by atoms with Crippen molar-refractivity contribution in [2.75, 3.05) is 5.75 Å². The highest BCUT2D eigenvalue weighted by Gasteiger charge is 2.56. The van der Waals surface area contributed by atoms with Crippen molar-refractivity contribution in [3.63, 3.8) is 0 Å². The molecule has 0 radical (unpaired) electrons. The van der Waals surface area contributed by atoms with Crippen LogP contribution in [0.2, 0.25) is 0 Å². The molecule has 0 saturated carbocycles.